The minimum Gasteiger partial charge on any atom is -0.358 e. The molecular weight excluding hydrogens is 456 g/mol. The van der Waals surface area contributed by atoms with Gasteiger partial charge < -0.3 is 10.3 Å². The number of fused-ring (bicyclic) bond motifs is 2. The maximum atomic E-state index is 14.6. The third kappa shape index (κ3) is 3.26. The van der Waals surface area contributed by atoms with E-state index in [2.05, 4.69) is 30.2 Å². The SMILES string of the molecule is CC(Nc1ncnc2[nH]cnc12)c1nc2cccc(F)c2c(=O)n1-c1cccc(Cl)c1Cl. The van der Waals surface area contributed by atoms with Crippen LogP contribution in [0.1, 0.15) is 18.8 Å². The largest absolute Gasteiger partial charge is 0.358 e. The summed E-state index contributed by atoms with van der Waals surface area (Å²) in [6, 6.07) is 8.62. The molecule has 8 nitrogen and oxygen atoms in total. The van der Waals surface area contributed by atoms with Crippen molar-refractivity contribution in [2.24, 2.45) is 0 Å². The van der Waals surface area contributed by atoms with E-state index in [0.29, 0.717) is 22.8 Å². The maximum Gasteiger partial charge on any atom is 0.269 e. The van der Waals surface area contributed by atoms with Gasteiger partial charge in [0.05, 0.1) is 33.6 Å². The van der Waals surface area contributed by atoms with Crippen molar-refractivity contribution in [3.8, 4) is 5.69 Å². The number of nitrogens with one attached hydrogen (secondary N) is 2. The van der Waals surface area contributed by atoms with E-state index in [9.17, 15) is 9.18 Å². The van der Waals surface area contributed by atoms with Gasteiger partial charge >= 0.3 is 0 Å². The Kier molecular flexibility index (Phi) is 4.99. The number of H-pyrrole nitrogens is 1. The zero-order valence-corrected chi connectivity index (χ0v) is 18.0. The second-order valence-electron chi connectivity index (χ2n) is 7.01. The van der Waals surface area contributed by atoms with Crippen LogP contribution in [0.15, 0.2) is 53.8 Å². The minimum atomic E-state index is -0.673. The first-order valence-corrected chi connectivity index (χ1v) is 10.3. The van der Waals surface area contributed by atoms with Crippen molar-refractivity contribution in [2.75, 3.05) is 5.32 Å². The highest BCUT2D eigenvalue weighted by molar-refractivity contribution is 6.43. The fourth-order valence-corrected chi connectivity index (χ4v) is 3.92. The van der Waals surface area contributed by atoms with Crippen LogP contribution in [0.5, 0.6) is 0 Å². The third-order valence-electron chi connectivity index (χ3n) is 5.00. The van der Waals surface area contributed by atoms with Crippen LogP contribution in [-0.2, 0) is 0 Å². The maximum absolute atomic E-state index is 14.6. The van der Waals surface area contributed by atoms with E-state index in [0.717, 1.165) is 0 Å². The number of rotatable bonds is 4. The van der Waals surface area contributed by atoms with E-state index in [4.69, 9.17) is 23.2 Å². The Morgan fingerprint density at radius 3 is 2.78 bits per heavy atom. The Bertz CT molecular complexity index is 1550. The molecule has 5 aromatic rings. The smallest absolute Gasteiger partial charge is 0.269 e. The first kappa shape index (κ1) is 20.3. The average Bonchev–Trinajstić information content (AvgIpc) is 3.26. The topological polar surface area (TPSA) is 101 Å². The molecule has 160 valence electrons. The molecule has 0 aliphatic heterocycles. The molecule has 1 atom stereocenters. The third-order valence-corrected chi connectivity index (χ3v) is 5.81. The van der Waals surface area contributed by atoms with Gasteiger partial charge in [0.25, 0.3) is 5.56 Å². The molecular formula is C21H14Cl2FN7O. The van der Waals surface area contributed by atoms with Crippen LogP contribution in [0, 0.1) is 5.82 Å². The Labute approximate surface area is 190 Å². The number of nitrogens with zero attached hydrogens (tertiary/aromatic N) is 5. The molecule has 11 heteroatoms. The molecule has 0 radical (unpaired) electrons. The van der Waals surface area contributed by atoms with Gasteiger partial charge in [-0.3, -0.25) is 9.36 Å². The van der Waals surface area contributed by atoms with Crippen molar-refractivity contribution in [1.29, 1.82) is 0 Å². The van der Waals surface area contributed by atoms with Crippen LogP contribution in [0.4, 0.5) is 10.2 Å². The monoisotopic (exact) mass is 469 g/mol. The van der Waals surface area contributed by atoms with Crippen molar-refractivity contribution in [1.82, 2.24) is 29.5 Å². The van der Waals surface area contributed by atoms with Gasteiger partial charge in [0.1, 0.15) is 28.9 Å². The second kappa shape index (κ2) is 7.85. The molecule has 2 aromatic carbocycles. The molecule has 32 heavy (non-hydrogen) atoms. The van der Waals surface area contributed by atoms with Gasteiger partial charge in [0, 0.05) is 0 Å². The minimum absolute atomic E-state index is 0.142. The van der Waals surface area contributed by atoms with Crippen molar-refractivity contribution in [3.63, 3.8) is 0 Å². The summed E-state index contributed by atoms with van der Waals surface area (Å²) in [5, 5.41) is 3.48. The van der Waals surface area contributed by atoms with Crippen LogP contribution < -0.4 is 10.9 Å². The lowest BCUT2D eigenvalue weighted by molar-refractivity contribution is 0.635. The summed E-state index contributed by atoms with van der Waals surface area (Å²) in [5.41, 5.74) is 0.992. The molecule has 0 spiro atoms. The average molecular weight is 470 g/mol. The molecule has 2 N–H and O–H groups in total. The molecule has 0 aliphatic carbocycles. The van der Waals surface area contributed by atoms with Crippen molar-refractivity contribution >= 4 is 51.1 Å². The van der Waals surface area contributed by atoms with E-state index in [-0.39, 0.29) is 26.6 Å². The van der Waals surface area contributed by atoms with Crippen molar-refractivity contribution in [2.45, 2.75) is 13.0 Å². The van der Waals surface area contributed by atoms with Gasteiger partial charge in [0.2, 0.25) is 0 Å². The van der Waals surface area contributed by atoms with Gasteiger partial charge in [-0.2, -0.15) is 0 Å². The summed E-state index contributed by atoms with van der Waals surface area (Å²) in [6.45, 7) is 1.79. The van der Waals surface area contributed by atoms with Crippen LogP contribution in [0.3, 0.4) is 0 Å². The molecule has 3 heterocycles. The van der Waals surface area contributed by atoms with Crippen LogP contribution in [0.2, 0.25) is 10.0 Å². The Balaban J connectivity index is 1.75. The number of halogens is 3. The first-order valence-electron chi connectivity index (χ1n) is 9.52. The number of hydrogen-bond acceptors (Lipinski definition) is 6. The van der Waals surface area contributed by atoms with Gasteiger partial charge in [0.15, 0.2) is 11.5 Å². The predicted octanol–water partition coefficient (Wildman–Crippen LogP) is 4.67. The summed E-state index contributed by atoms with van der Waals surface area (Å²) >= 11 is 12.6. The lowest BCUT2D eigenvalue weighted by Crippen LogP contribution is -2.28. The number of aromatic nitrogens is 6. The lowest BCUT2D eigenvalue weighted by Gasteiger charge is -2.21. The molecule has 5 rings (SSSR count). The molecule has 1 unspecified atom stereocenters. The number of hydrogen-bond donors (Lipinski definition) is 2. The van der Waals surface area contributed by atoms with E-state index in [1.54, 1.807) is 31.2 Å². The molecule has 0 amide bonds. The van der Waals surface area contributed by atoms with Gasteiger partial charge in [-0.25, -0.2) is 24.3 Å². The zero-order valence-electron chi connectivity index (χ0n) is 16.5. The molecule has 0 fully saturated rings. The summed E-state index contributed by atoms with van der Waals surface area (Å²) < 4.78 is 15.8. The predicted molar refractivity (Wildman–Crippen MR) is 121 cm³/mol. The quantitative estimate of drug-likeness (QED) is 0.396. The fraction of sp³-hybridized carbons (Fsp3) is 0.0952. The molecule has 0 aliphatic rings. The fourth-order valence-electron chi connectivity index (χ4n) is 3.54. The molecule has 0 bridgehead atoms. The molecule has 0 saturated carbocycles. The number of anilines is 1. The van der Waals surface area contributed by atoms with Crippen LogP contribution in [-0.4, -0.2) is 29.5 Å². The summed E-state index contributed by atoms with van der Waals surface area (Å²) in [7, 11) is 0. The summed E-state index contributed by atoms with van der Waals surface area (Å²) in [5.74, 6) is 0.0636. The zero-order chi connectivity index (χ0) is 22.4. The van der Waals surface area contributed by atoms with Gasteiger partial charge in [-0.15, -0.1) is 0 Å². The van der Waals surface area contributed by atoms with Gasteiger partial charge in [-0.05, 0) is 31.2 Å². The van der Waals surface area contributed by atoms with E-state index < -0.39 is 17.4 Å². The van der Waals surface area contributed by atoms with Crippen LogP contribution in [0.25, 0.3) is 27.8 Å². The molecule has 3 aromatic heterocycles. The van der Waals surface area contributed by atoms with E-state index in [1.165, 1.54) is 29.4 Å². The summed E-state index contributed by atoms with van der Waals surface area (Å²) in [6.07, 6.45) is 2.90. The number of benzene rings is 2. The highest BCUT2D eigenvalue weighted by Crippen LogP contribution is 2.31. The van der Waals surface area contributed by atoms with Crippen LogP contribution >= 0.6 is 23.2 Å². The van der Waals surface area contributed by atoms with E-state index >= 15 is 0 Å². The number of imidazole rings is 1. The highest BCUT2D eigenvalue weighted by atomic mass is 35.5. The van der Waals surface area contributed by atoms with Crippen molar-refractivity contribution < 1.29 is 4.39 Å². The van der Waals surface area contributed by atoms with Crippen molar-refractivity contribution in [3.05, 3.63) is 81.1 Å². The Morgan fingerprint density at radius 1 is 1.12 bits per heavy atom. The normalized spacial score (nSPS) is 12.4. The van der Waals surface area contributed by atoms with Gasteiger partial charge in [-0.1, -0.05) is 35.3 Å². The molecule has 0 saturated heterocycles. The van der Waals surface area contributed by atoms with E-state index in [1.807, 2.05) is 0 Å². The second-order valence-corrected chi connectivity index (χ2v) is 7.79. The lowest BCUT2D eigenvalue weighted by atomic mass is 10.2. The standard InChI is InChI=1S/C21H14Cl2FN7O/c1-10(29-19-17-18(26-8-25-17)27-9-28-19)20-30-13-6-3-5-12(24)15(13)21(32)31(20)14-7-2-4-11(22)16(14)23/h2-10H,1H3,(H2,25,26,27,28,29). The Hall–Kier alpha value is -3.56. The number of aromatic amines is 1. The Morgan fingerprint density at radius 2 is 1.94 bits per heavy atom. The summed E-state index contributed by atoms with van der Waals surface area (Å²) in [4.78, 5) is 33.6. The highest BCUT2D eigenvalue weighted by Gasteiger charge is 2.22. The first-order chi connectivity index (χ1) is 15.5.